The smallest absolute Gasteiger partial charge is 0.326 e. The average Bonchev–Trinajstić information content (AvgIpc) is 2.71. The Kier molecular flexibility index (Phi) is 6.21. The van der Waals surface area contributed by atoms with Gasteiger partial charge in [-0.1, -0.05) is 6.07 Å². The van der Waals surface area contributed by atoms with Gasteiger partial charge in [-0.15, -0.1) is 0 Å². The SMILES string of the molecule is Cc1cc(NC(=O)NC(=O)c2c(F)cccc2F)cc(C)c1Oc1ccc(C#N)cn1. The lowest BCUT2D eigenvalue weighted by molar-refractivity contribution is 0.0959. The van der Waals surface area contributed by atoms with E-state index in [1.54, 1.807) is 38.1 Å². The van der Waals surface area contributed by atoms with E-state index in [4.69, 9.17) is 10.00 Å². The summed E-state index contributed by atoms with van der Waals surface area (Å²) in [5.74, 6) is -2.55. The summed E-state index contributed by atoms with van der Waals surface area (Å²) in [6, 6.07) is 10.3. The van der Waals surface area contributed by atoms with Crippen molar-refractivity contribution in [3.05, 3.63) is 82.5 Å². The van der Waals surface area contributed by atoms with Crippen molar-refractivity contribution in [3.63, 3.8) is 0 Å². The highest BCUT2D eigenvalue weighted by atomic mass is 19.1. The molecule has 7 nitrogen and oxygen atoms in total. The molecule has 1 aromatic heterocycles. The van der Waals surface area contributed by atoms with Gasteiger partial charge >= 0.3 is 6.03 Å². The van der Waals surface area contributed by atoms with Crippen molar-refractivity contribution in [1.82, 2.24) is 10.3 Å². The fourth-order valence-electron chi connectivity index (χ4n) is 2.84. The Balaban J connectivity index is 1.71. The summed E-state index contributed by atoms with van der Waals surface area (Å²) < 4.78 is 33.1. The number of halogens is 2. The van der Waals surface area contributed by atoms with Gasteiger partial charge in [-0.25, -0.2) is 18.6 Å². The van der Waals surface area contributed by atoms with Gasteiger partial charge in [0.25, 0.3) is 5.91 Å². The largest absolute Gasteiger partial charge is 0.438 e. The number of imide groups is 1. The number of pyridine rings is 1. The topological polar surface area (TPSA) is 104 Å². The molecule has 0 atom stereocenters. The maximum Gasteiger partial charge on any atom is 0.326 e. The number of amides is 3. The van der Waals surface area contributed by atoms with Crippen molar-refractivity contribution in [2.24, 2.45) is 0 Å². The molecule has 0 aliphatic carbocycles. The van der Waals surface area contributed by atoms with E-state index in [2.05, 4.69) is 10.3 Å². The number of hydrogen-bond acceptors (Lipinski definition) is 5. The van der Waals surface area contributed by atoms with Crippen LogP contribution < -0.4 is 15.4 Å². The van der Waals surface area contributed by atoms with Crippen LogP contribution in [0.25, 0.3) is 0 Å². The van der Waals surface area contributed by atoms with Gasteiger partial charge in [-0.2, -0.15) is 5.26 Å². The summed E-state index contributed by atoms with van der Waals surface area (Å²) in [6.07, 6.45) is 1.38. The molecule has 0 radical (unpaired) electrons. The Morgan fingerprint density at radius 3 is 2.26 bits per heavy atom. The Bertz CT molecular complexity index is 1160. The minimum atomic E-state index is -1.20. The van der Waals surface area contributed by atoms with Gasteiger partial charge in [0.05, 0.1) is 5.56 Å². The van der Waals surface area contributed by atoms with Gasteiger partial charge in [0.1, 0.15) is 29.0 Å². The Labute approximate surface area is 176 Å². The molecule has 0 bridgehead atoms. The lowest BCUT2D eigenvalue weighted by Gasteiger charge is -2.14. The van der Waals surface area contributed by atoms with E-state index in [0.29, 0.717) is 34.0 Å². The fraction of sp³-hybridized carbons (Fsp3) is 0.0909. The van der Waals surface area contributed by atoms with Crippen LogP contribution in [0.1, 0.15) is 27.0 Å². The number of ether oxygens (including phenoxy) is 1. The number of carbonyl (C=O) groups excluding carboxylic acids is 2. The minimum Gasteiger partial charge on any atom is -0.438 e. The second kappa shape index (κ2) is 9.00. The quantitative estimate of drug-likeness (QED) is 0.639. The number of urea groups is 1. The molecule has 0 spiro atoms. The zero-order valence-corrected chi connectivity index (χ0v) is 16.5. The van der Waals surface area contributed by atoms with Crippen LogP contribution in [0.2, 0.25) is 0 Å². The fourth-order valence-corrected chi connectivity index (χ4v) is 2.84. The van der Waals surface area contributed by atoms with E-state index in [0.717, 1.165) is 18.2 Å². The summed E-state index contributed by atoms with van der Waals surface area (Å²) in [6.45, 7) is 3.49. The van der Waals surface area contributed by atoms with E-state index in [1.807, 2.05) is 11.4 Å². The number of nitrogens with one attached hydrogen (secondary N) is 2. The molecule has 2 aromatic carbocycles. The highest BCUT2D eigenvalue weighted by molar-refractivity contribution is 6.08. The van der Waals surface area contributed by atoms with E-state index in [1.165, 1.54) is 6.20 Å². The van der Waals surface area contributed by atoms with E-state index >= 15 is 0 Å². The number of benzene rings is 2. The van der Waals surface area contributed by atoms with Gasteiger partial charge in [-0.05, 0) is 55.3 Å². The molecular weight excluding hydrogens is 406 g/mol. The van der Waals surface area contributed by atoms with Crippen LogP contribution in [0.4, 0.5) is 19.3 Å². The second-order valence-electron chi connectivity index (χ2n) is 6.54. The maximum absolute atomic E-state index is 13.7. The van der Waals surface area contributed by atoms with Crippen LogP contribution in [0.5, 0.6) is 11.6 Å². The first-order chi connectivity index (χ1) is 14.8. The summed E-state index contributed by atoms with van der Waals surface area (Å²) in [5, 5.41) is 13.2. The first-order valence-corrected chi connectivity index (χ1v) is 9.00. The van der Waals surface area contributed by atoms with Gasteiger partial charge in [-0.3, -0.25) is 10.1 Å². The zero-order chi connectivity index (χ0) is 22.5. The molecule has 0 saturated heterocycles. The molecule has 0 aliphatic rings. The van der Waals surface area contributed by atoms with Gasteiger partial charge in [0.15, 0.2) is 0 Å². The van der Waals surface area contributed by atoms with E-state index in [-0.39, 0.29) is 0 Å². The number of nitriles is 1. The van der Waals surface area contributed by atoms with Crippen LogP contribution in [0, 0.1) is 36.8 Å². The highest BCUT2D eigenvalue weighted by Gasteiger charge is 2.19. The summed E-state index contributed by atoms with van der Waals surface area (Å²) >= 11 is 0. The molecular formula is C22H16F2N4O3. The molecule has 0 fully saturated rings. The third-order valence-corrected chi connectivity index (χ3v) is 4.21. The number of rotatable bonds is 4. The monoisotopic (exact) mass is 422 g/mol. The molecule has 3 rings (SSSR count). The molecule has 9 heteroatoms. The van der Waals surface area contributed by atoms with Crippen LogP contribution in [-0.4, -0.2) is 16.9 Å². The first-order valence-electron chi connectivity index (χ1n) is 9.00. The Morgan fingerprint density at radius 1 is 1.06 bits per heavy atom. The lowest BCUT2D eigenvalue weighted by atomic mass is 10.1. The molecule has 1 heterocycles. The van der Waals surface area contributed by atoms with Gasteiger partial charge < -0.3 is 10.1 Å². The molecule has 0 saturated carbocycles. The molecule has 3 aromatic rings. The first kappa shape index (κ1) is 21.4. The Hall–Kier alpha value is -4.32. The van der Waals surface area contributed by atoms with Gasteiger partial charge in [0, 0.05) is 18.0 Å². The number of aryl methyl sites for hydroxylation is 2. The van der Waals surface area contributed by atoms with Crippen molar-refractivity contribution in [3.8, 4) is 17.7 Å². The Morgan fingerprint density at radius 2 is 1.71 bits per heavy atom. The van der Waals surface area contributed by atoms with Crippen molar-refractivity contribution in [2.75, 3.05) is 5.32 Å². The standard InChI is InChI=1S/C22H16F2N4O3/c1-12-8-15(9-13(2)20(12)31-18-7-6-14(10-25)11-26-18)27-22(30)28-21(29)19-16(23)4-3-5-17(19)24/h3-9,11H,1-2H3,(H2,27,28,29,30). The van der Waals surface area contributed by atoms with Crippen LogP contribution in [0.15, 0.2) is 48.7 Å². The molecule has 0 aliphatic heterocycles. The van der Waals surface area contributed by atoms with E-state index in [9.17, 15) is 18.4 Å². The molecule has 2 N–H and O–H groups in total. The summed E-state index contributed by atoms with van der Waals surface area (Å²) in [5.41, 5.74) is 1.22. The molecule has 3 amide bonds. The third kappa shape index (κ3) is 5.00. The lowest BCUT2D eigenvalue weighted by Crippen LogP contribution is -2.35. The number of aromatic nitrogens is 1. The number of carbonyl (C=O) groups is 2. The third-order valence-electron chi connectivity index (χ3n) is 4.21. The maximum atomic E-state index is 13.7. The number of hydrogen-bond donors (Lipinski definition) is 2. The van der Waals surface area contributed by atoms with Crippen molar-refractivity contribution in [1.29, 1.82) is 5.26 Å². The van der Waals surface area contributed by atoms with Crippen LogP contribution in [0.3, 0.4) is 0 Å². The number of nitrogens with zero attached hydrogens (tertiary/aromatic N) is 2. The summed E-state index contributed by atoms with van der Waals surface area (Å²) in [4.78, 5) is 28.2. The van der Waals surface area contributed by atoms with Crippen LogP contribution in [-0.2, 0) is 0 Å². The predicted octanol–water partition coefficient (Wildman–Crippen LogP) is 4.60. The van der Waals surface area contributed by atoms with E-state index < -0.39 is 29.1 Å². The van der Waals surface area contributed by atoms with Crippen LogP contribution >= 0.6 is 0 Å². The summed E-state index contributed by atoms with van der Waals surface area (Å²) in [7, 11) is 0. The predicted molar refractivity (Wildman–Crippen MR) is 108 cm³/mol. The molecule has 31 heavy (non-hydrogen) atoms. The van der Waals surface area contributed by atoms with Gasteiger partial charge in [0.2, 0.25) is 5.88 Å². The average molecular weight is 422 g/mol. The normalized spacial score (nSPS) is 10.2. The zero-order valence-electron chi connectivity index (χ0n) is 16.5. The second-order valence-corrected chi connectivity index (χ2v) is 6.54. The minimum absolute atomic E-state index is 0.293. The van der Waals surface area contributed by atoms with Crippen molar-refractivity contribution in [2.45, 2.75) is 13.8 Å². The molecule has 156 valence electrons. The highest BCUT2D eigenvalue weighted by Crippen LogP contribution is 2.30. The molecule has 0 unspecified atom stereocenters. The van der Waals surface area contributed by atoms with Crippen molar-refractivity contribution < 1.29 is 23.1 Å². The van der Waals surface area contributed by atoms with Crippen molar-refractivity contribution >= 4 is 17.6 Å². The number of anilines is 1.